The van der Waals surface area contributed by atoms with Gasteiger partial charge in [0.05, 0.1) is 6.10 Å². The third-order valence-electron chi connectivity index (χ3n) is 3.15. The second-order valence-electron chi connectivity index (χ2n) is 4.52. The molecule has 1 unspecified atom stereocenters. The fraction of sp³-hybridized carbons (Fsp3) is 0.176. The lowest BCUT2D eigenvalue weighted by atomic mass is 10.0. The van der Waals surface area contributed by atoms with Crippen molar-refractivity contribution in [3.05, 3.63) is 76.9 Å². The second-order valence-corrected chi connectivity index (χ2v) is 4.52. The summed E-state index contributed by atoms with van der Waals surface area (Å²) in [5, 5.41) is 10.2. The second kappa shape index (κ2) is 5.65. The van der Waals surface area contributed by atoms with E-state index in [1.807, 2.05) is 55.5 Å². The lowest BCUT2D eigenvalue weighted by molar-refractivity contribution is 0.229. The summed E-state index contributed by atoms with van der Waals surface area (Å²) in [6.07, 6.45) is 3.27. The molecule has 0 amide bonds. The molecule has 0 saturated heterocycles. The van der Waals surface area contributed by atoms with Crippen molar-refractivity contribution in [3.63, 3.8) is 0 Å². The van der Waals surface area contributed by atoms with E-state index >= 15 is 0 Å². The first-order valence-corrected chi connectivity index (χ1v) is 6.16. The van der Waals surface area contributed by atoms with Crippen LogP contribution >= 0.6 is 0 Å². The summed E-state index contributed by atoms with van der Waals surface area (Å²) in [7, 11) is 0. The van der Waals surface area contributed by atoms with Gasteiger partial charge in [-0.3, -0.25) is 0 Å². The average Bonchev–Trinajstić information content (AvgIpc) is 2.38. The molecule has 0 fully saturated rings. The fourth-order valence-corrected chi connectivity index (χ4v) is 1.99. The largest absolute Gasteiger partial charge is 0.384 e. The lowest BCUT2D eigenvalue weighted by Crippen LogP contribution is -1.95. The van der Waals surface area contributed by atoms with Gasteiger partial charge in [-0.15, -0.1) is 0 Å². The Bertz CT molecular complexity index is 555. The Hall–Kier alpha value is -1.86. The number of hydrogen-bond acceptors (Lipinski definition) is 1. The Morgan fingerprint density at radius 2 is 1.50 bits per heavy atom. The Balaban J connectivity index is 2.20. The monoisotopic (exact) mass is 238 g/mol. The highest BCUT2D eigenvalue weighted by Crippen LogP contribution is 2.20. The van der Waals surface area contributed by atoms with Crippen LogP contribution in [0.4, 0.5) is 0 Å². The number of benzene rings is 2. The molecule has 2 rings (SSSR count). The molecule has 0 bridgehead atoms. The van der Waals surface area contributed by atoms with E-state index in [0.717, 1.165) is 16.7 Å². The van der Waals surface area contributed by atoms with Gasteiger partial charge in [0.2, 0.25) is 0 Å². The van der Waals surface area contributed by atoms with Gasteiger partial charge < -0.3 is 5.11 Å². The van der Waals surface area contributed by atoms with Crippen LogP contribution in [0.5, 0.6) is 0 Å². The molecule has 0 spiro atoms. The van der Waals surface area contributed by atoms with Crippen molar-refractivity contribution >= 4 is 6.08 Å². The van der Waals surface area contributed by atoms with E-state index in [2.05, 4.69) is 19.1 Å². The molecule has 0 aliphatic rings. The summed E-state index contributed by atoms with van der Waals surface area (Å²) < 4.78 is 0. The molecule has 0 saturated carbocycles. The molecule has 18 heavy (non-hydrogen) atoms. The topological polar surface area (TPSA) is 20.2 Å². The van der Waals surface area contributed by atoms with Gasteiger partial charge >= 0.3 is 0 Å². The zero-order valence-corrected chi connectivity index (χ0v) is 10.8. The minimum Gasteiger partial charge on any atom is -0.384 e. The first-order chi connectivity index (χ1) is 8.68. The zero-order valence-electron chi connectivity index (χ0n) is 10.8. The molecule has 2 aromatic carbocycles. The lowest BCUT2D eigenvalue weighted by Gasteiger charge is -2.09. The fourth-order valence-electron chi connectivity index (χ4n) is 1.99. The summed E-state index contributed by atoms with van der Waals surface area (Å²) in [6.45, 7) is 4.08. The normalized spacial score (nSPS) is 12.8. The number of aryl methyl sites for hydroxylation is 2. The minimum absolute atomic E-state index is 0.550. The molecule has 2 aromatic rings. The smallest absolute Gasteiger partial charge is 0.0977 e. The zero-order chi connectivity index (χ0) is 13.0. The Kier molecular flexibility index (Phi) is 3.96. The van der Waals surface area contributed by atoms with Crippen molar-refractivity contribution in [2.75, 3.05) is 0 Å². The highest BCUT2D eigenvalue weighted by Gasteiger charge is 2.05. The van der Waals surface area contributed by atoms with Crippen LogP contribution < -0.4 is 0 Å². The van der Waals surface area contributed by atoms with Gasteiger partial charge in [-0.1, -0.05) is 60.7 Å². The van der Waals surface area contributed by atoms with Crippen LogP contribution in [0.3, 0.4) is 0 Å². The summed E-state index contributed by atoms with van der Waals surface area (Å²) in [5.41, 5.74) is 4.43. The predicted molar refractivity (Wildman–Crippen MR) is 76.4 cm³/mol. The van der Waals surface area contributed by atoms with E-state index in [0.29, 0.717) is 0 Å². The summed E-state index contributed by atoms with van der Waals surface area (Å²) >= 11 is 0. The van der Waals surface area contributed by atoms with Gasteiger partial charge in [-0.05, 0) is 36.1 Å². The van der Waals surface area contributed by atoms with Crippen molar-refractivity contribution in [3.8, 4) is 0 Å². The maximum absolute atomic E-state index is 10.2. The van der Waals surface area contributed by atoms with Gasteiger partial charge in [-0.25, -0.2) is 0 Å². The molecular weight excluding hydrogens is 220 g/mol. The molecular formula is C17H18O. The molecule has 0 radical (unpaired) electrons. The molecule has 1 atom stereocenters. The first kappa shape index (κ1) is 12.6. The summed E-state index contributed by atoms with van der Waals surface area (Å²) in [4.78, 5) is 0. The molecule has 0 aromatic heterocycles. The van der Waals surface area contributed by atoms with Gasteiger partial charge in [0, 0.05) is 0 Å². The van der Waals surface area contributed by atoms with E-state index in [9.17, 15) is 5.11 Å². The first-order valence-electron chi connectivity index (χ1n) is 6.16. The van der Waals surface area contributed by atoms with E-state index in [1.54, 1.807) is 0 Å². The minimum atomic E-state index is -0.550. The third kappa shape index (κ3) is 2.88. The maximum atomic E-state index is 10.2. The summed E-state index contributed by atoms with van der Waals surface area (Å²) in [5.74, 6) is 0. The Morgan fingerprint density at radius 3 is 2.17 bits per heavy atom. The van der Waals surface area contributed by atoms with Crippen LogP contribution in [-0.4, -0.2) is 5.11 Å². The van der Waals surface area contributed by atoms with Crippen LogP contribution in [0.25, 0.3) is 6.08 Å². The van der Waals surface area contributed by atoms with Crippen LogP contribution in [0.2, 0.25) is 0 Å². The Morgan fingerprint density at radius 1 is 0.889 bits per heavy atom. The molecule has 1 nitrogen and oxygen atoms in total. The maximum Gasteiger partial charge on any atom is 0.0977 e. The van der Waals surface area contributed by atoms with Gasteiger partial charge in [0.1, 0.15) is 0 Å². The highest BCUT2D eigenvalue weighted by atomic mass is 16.3. The molecule has 0 heterocycles. The van der Waals surface area contributed by atoms with E-state index in [4.69, 9.17) is 0 Å². The third-order valence-corrected chi connectivity index (χ3v) is 3.15. The van der Waals surface area contributed by atoms with Crippen LogP contribution in [0.15, 0.2) is 54.6 Å². The van der Waals surface area contributed by atoms with Crippen molar-refractivity contribution in [2.45, 2.75) is 20.0 Å². The number of aliphatic hydroxyl groups excluding tert-OH is 1. The van der Waals surface area contributed by atoms with Gasteiger partial charge in [0.25, 0.3) is 0 Å². The van der Waals surface area contributed by atoms with Gasteiger partial charge in [-0.2, -0.15) is 0 Å². The molecule has 1 N–H and O–H groups in total. The van der Waals surface area contributed by atoms with Crippen molar-refractivity contribution in [2.24, 2.45) is 0 Å². The van der Waals surface area contributed by atoms with Crippen molar-refractivity contribution in [1.29, 1.82) is 0 Å². The summed E-state index contributed by atoms with van der Waals surface area (Å²) in [6, 6.07) is 16.1. The predicted octanol–water partition coefficient (Wildman–Crippen LogP) is 4.05. The van der Waals surface area contributed by atoms with E-state index < -0.39 is 6.10 Å². The number of hydrogen-bond donors (Lipinski definition) is 1. The van der Waals surface area contributed by atoms with Crippen LogP contribution in [-0.2, 0) is 0 Å². The van der Waals surface area contributed by atoms with Crippen molar-refractivity contribution < 1.29 is 5.11 Å². The number of aliphatic hydroxyl groups is 1. The quantitative estimate of drug-likeness (QED) is 0.855. The SMILES string of the molecule is Cc1ccccc1/C=C/C(O)c1ccccc1C. The Labute approximate surface area is 108 Å². The van der Waals surface area contributed by atoms with Crippen LogP contribution in [0, 0.1) is 13.8 Å². The molecule has 0 aliphatic heterocycles. The standard InChI is InChI=1S/C17H18O/c1-13-7-3-5-9-15(13)11-12-17(18)16-10-6-4-8-14(16)2/h3-12,17-18H,1-2H3/b12-11+. The molecule has 92 valence electrons. The van der Waals surface area contributed by atoms with E-state index in [-0.39, 0.29) is 0 Å². The van der Waals surface area contributed by atoms with Crippen molar-refractivity contribution in [1.82, 2.24) is 0 Å². The van der Waals surface area contributed by atoms with Crippen LogP contribution in [0.1, 0.15) is 28.4 Å². The number of rotatable bonds is 3. The highest BCUT2D eigenvalue weighted by molar-refractivity contribution is 5.54. The van der Waals surface area contributed by atoms with Gasteiger partial charge in [0.15, 0.2) is 0 Å². The molecule has 1 heteroatoms. The molecule has 0 aliphatic carbocycles. The average molecular weight is 238 g/mol. The van der Waals surface area contributed by atoms with E-state index in [1.165, 1.54) is 5.56 Å².